The van der Waals surface area contributed by atoms with Gasteiger partial charge in [-0.25, -0.2) is 9.18 Å². The zero-order valence-corrected chi connectivity index (χ0v) is 9.83. The van der Waals surface area contributed by atoms with Crippen LogP contribution >= 0.6 is 0 Å². The van der Waals surface area contributed by atoms with Crippen LogP contribution in [0.15, 0.2) is 0 Å². The first-order valence-electron chi connectivity index (χ1n) is 5.65. The van der Waals surface area contributed by atoms with E-state index >= 15 is 0 Å². The summed E-state index contributed by atoms with van der Waals surface area (Å²) in [5.41, 5.74) is 0. The van der Waals surface area contributed by atoms with Crippen molar-refractivity contribution in [2.24, 2.45) is 5.92 Å². The first-order chi connectivity index (χ1) is 7.56. The number of aliphatic carboxylic acids is 1. The van der Waals surface area contributed by atoms with Gasteiger partial charge in [-0.15, -0.1) is 0 Å². The molecule has 94 valence electrons. The lowest BCUT2D eigenvalue weighted by atomic mass is 9.98. The number of alkyl halides is 1. The molecule has 0 aliphatic carbocycles. The molecule has 0 rings (SSSR count). The van der Waals surface area contributed by atoms with Gasteiger partial charge in [-0.2, -0.15) is 0 Å². The molecule has 4 nitrogen and oxygen atoms in total. The summed E-state index contributed by atoms with van der Waals surface area (Å²) in [5.74, 6) is -1.91. The third kappa shape index (κ3) is 5.09. The van der Waals surface area contributed by atoms with Crippen molar-refractivity contribution in [1.82, 2.24) is 5.32 Å². The van der Waals surface area contributed by atoms with E-state index in [1.165, 1.54) is 0 Å². The maximum Gasteiger partial charge on any atom is 0.328 e. The highest BCUT2D eigenvalue weighted by atomic mass is 19.1. The standard InChI is InChI=1S/C11H20FNO3/c1-3-5-6-8(4-2)10(14)13-9(7-12)11(15)16/h8-9H,3-7H2,1-2H3,(H,13,14)(H,15,16). The maximum absolute atomic E-state index is 12.3. The number of amides is 1. The second-order valence-corrected chi connectivity index (χ2v) is 3.80. The lowest BCUT2D eigenvalue weighted by molar-refractivity contribution is -0.143. The average Bonchev–Trinajstić information content (AvgIpc) is 2.26. The summed E-state index contributed by atoms with van der Waals surface area (Å²) >= 11 is 0. The van der Waals surface area contributed by atoms with Crippen molar-refractivity contribution in [2.75, 3.05) is 6.67 Å². The van der Waals surface area contributed by atoms with E-state index in [1.54, 1.807) is 0 Å². The first-order valence-corrected chi connectivity index (χ1v) is 5.65. The monoisotopic (exact) mass is 233 g/mol. The van der Waals surface area contributed by atoms with E-state index in [2.05, 4.69) is 5.32 Å². The van der Waals surface area contributed by atoms with Gasteiger partial charge in [0.15, 0.2) is 6.04 Å². The Morgan fingerprint density at radius 2 is 2.00 bits per heavy atom. The van der Waals surface area contributed by atoms with Crippen LogP contribution in [0.4, 0.5) is 4.39 Å². The van der Waals surface area contributed by atoms with Gasteiger partial charge >= 0.3 is 5.97 Å². The molecule has 0 aliphatic heterocycles. The molecule has 16 heavy (non-hydrogen) atoms. The van der Waals surface area contributed by atoms with Crippen LogP contribution in [-0.2, 0) is 9.59 Å². The Balaban J connectivity index is 4.23. The summed E-state index contributed by atoms with van der Waals surface area (Å²) < 4.78 is 12.3. The van der Waals surface area contributed by atoms with Crippen LogP contribution in [0.3, 0.4) is 0 Å². The van der Waals surface area contributed by atoms with Crippen molar-refractivity contribution < 1.29 is 19.1 Å². The molecule has 0 bridgehead atoms. The normalized spacial score (nSPS) is 14.2. The van der Waals surface area contributed by atoms with E-state index in [0.29, 0.717) is 6.42 Å². The lowest BCUT2D eigenvalue weighted by Crippen LogP contribution is -2.44. The van der Waals surface area contributed by atoms with Gasteiger partial charge in [0.25, 0.3) is 0 Å². The molecule has 0 fully saturated rings. The molecule has 0 saturated carbocycles. The van der Waals surface area contributed by atoms with Gasteiger partial charge in [0.05, 0.1) is 0 Å². The summed E-state index contributed by atoms with van der Waals surface area (Å²) in [6.45, 7) is 2.81. The van der Waals surface area contributed by atoms with E-state index in [4.69, 9.17) is 5.11 Å². The topological polar surface area (TPSA) is 66.4 Å². The molecule has 2 unspecified atom stereocenters. The molecule has 5 heteroatoms. The maximum atomic E-state index is 12.3. The minimum atomic E-state index is -1.41. The van der Waals surface area contributed by atoms with Gasteiger partial charge < -0.3 is 10.4 Å². The SMILES string of the molecule is CCCCC(CC)C(=O)NC(CF)C(=O)O. The van der Waals surface area contributed by atoms with E-state index in [9.17, 15) is 14.0 Å². The second-order valence-electron chi connectivity index (χ2n) is 3.80. The lowest BCUT2D eigenvalue weighted by Gasteiger charge is -2.17. The number of carbonyl (C=O) groups is 2. The molecule has 1 amide bonds. The molecule has 2 atom stereocenters. The number of rotatable bonds is 8. The third-order valence-corrected chi connectivity index (χ3v) is 2.54. The minimum Gasteiger partial charge on any atom is -0.480 e. The fraction of sp³-hybridized carbons (Fsp3) is 0.818. The summed E-state index contributed by atoms with van der Waals surface area (Å²) in [7, 11) is 0. The Hall–Kier alpha value is -1.13. The number of nitrogens with one attached hydrogen (secondary N) is 1. The Morgan fingerprint density at radius 3 is 2.38 bits per heavy atom. The fourth-order valence-electron chi connectivity index (χ4n) is 1.43. The Bertz CT molecular complexity index is 233. The summed E-state index contributed by atoms with van der Waals surface area (Å²) in [5, 5.41) is 10.8. The minimum absolute atomic E-state index is 0.214. The van der Waals surface area contributed by atoms with Gasteiger partial charge in [0.2, 0.25) is 5.91 Å². The summed E-state index contributed by atoms with van der Waals surface area (Å²) in [4.78, 5) is 22.1. The smallest absolute Gasteiger partial charge is 0.328 e. The molecule has 0 saturated heterocycles. The number of unbranched alkanes of at least 4 members (excludes halogenated alkanes) is 1. The Labute approximate surface area is 95.2 Å². The number of carbonyl (C=O) groups excluding carboxylic acids is 1. The number of hydrogen-bond acceptors (Lipinski definition) is 2. The predicted octanol–water partition coefficient (Wildman–Crippen LogP) is 1.74. The van der Waals surface area contributed by atoms with Crippen LogP contribution < -0.4 is 5.32 Å². The molecule has 0 aliphatic rings. The van der Waals surface area contributed by atoms with Gasteiger partial charge in [-0.05, 0) is 12.8 Å². The highest BCUT2D eigenvalue weighted by molar-refractivity contribution is 5.84. The molecule has 0 radical (unpaired) electrons. The van der Waals surface area contributed by atoms with E-state index in [1.807, 2.05) is 13.8 Å². The van der Waals surface area contributed by atoms with Gasteiger partial charge in [-0.1, -0.05) is 26.7 Å². The molecule has 0 aromatic rings. The molecule has 0 heterocycles. The van der Waals surface area contributed by atoms with Crippen molar-refractivity contribution in [2.45, 2.75) is 45.6 Å². The van der Waals surface area contributed by atoms with Crippen LogP contribution in [0.5, 0.6) is 0 Å². The van der Waals surface area contributed by atoms with Gasteiger partial charge in [0, 0.05) is 5.92 Å². The predicted molar refractivity (Wildman–Crippen MR) is 58.8 cm³/mol. The van der Waals surface area contributed by atoms with E-state index in [0.717, 1.165) is 19.3 Å². The van der Waals surface area contributed by atoms with Crippen LogP contribution in [0, 0.1) is 5.92 Å². The molecule has 0 aromatic heterocycles. The molecule has 0 spiro atoms. The highest BCUT2D eigenvalue weighted by Gasteiger charge is 2.23. The van der Waals surface area contributed by atoms with Crippen molar-refractivity contribution in [3.05, 3.63) is 0 Å². The van der Waals surface area contributed by atoms with Crippen molar-refractivity contribution in [1.29, 1.82) is 0 Å². The average molecular weight is 233 g/mol. The molecular weight excluding hydrogens is 213 g/mol. The van der Waals surface area contributed by atoms with Crippen molar-refractivity contribution >= 4 is 11.9 Å². The number of halogens is 1. The Morgan fingerprint density at radius 1 is 1.38 bits per heavy atom. The van der Waals surface area contributed by atoms with Crippen LogP contribution in [0.1, 0.15) is 39.5 Å². The largest absolute Gasteiger partial charge is 0.480 e. The van der Waals surface area contributed by atoms with Gasteiger partial charge in [-0.3, -0.25) is 4.79 Å². The second kappa shape index (κ2) is 8.07. The summed E-state index contributed by atoms with van der Waals surface area (Å²) in [6, 6.07) is -1.41. The van der Waals surface area contributed by atoms with Crippen molar-refractivity contribution in [3.63, 3.8) is 0 Å². The number of hydrogen-bond donors (Lipinski definition) is 2. The zero-order valence-electron chi connectivity index (χ0n) is 9.83. The molecule has 0 aromatic carbocycles. The first kappa shape index (κ1) is 14.9. The quantitative estimate of drug-likeness (QED) is 0.671. The number of carboxylic acid groups (broad SMARTS) is 1. The van der Waals surface area contributed by atoms with Crippen molar-refractivity contribution in [3.8, 4) is 0 Å². The van der Waals surface area contributed by atoms with E-state index in [-0.39, 0.29) is 11.8 Å². The summed E-state index contributed by atoms with van der Waals surface area (Å²) in [6.07, 6.45) is 3.26. The van der Waals surface area contributed by atoms with Crippen LogP contribution in [0.25, 0.3) is 0 Å². The molecule has 2 N–H and O–H groups in total. The molecular formula is C11H20FNO3. The van der Waals surface area contributed by atoms with Crippen LogP contribution in [0.2, 0.25) is 0 Å². The fourth-order valence-corrected chi connectivity index (χ4v) is 1.43. The van der Waals surface area contributed by atoms with Crippen LogP contribution in [-0.4, -0.2) is 29.7 Å². The van der Waals surface area contributed by atoms with Gasteiger partial charge in [0.1, 0.15) is 6.67 Å². The number of carboxylic acids is 1. The highest BCUT2D eigenvalue weighted by Crippen LogP contribution is 2.12. The van der Waals surface area contributed by atoms with E-state index < -0.39 is 18.7 Å². The third-order valence-electron chi connectivity index (χ3n) is 2.54. The Kier molecular flexibility index (Phi) is 7.50. The zero-order chi connectivity index (χ0) is 12.6.